The molecule has 0 unspecified atom stereocenters. The average Bonchev–Trinajstić information content (AvgIpc) is 2.53. The van der Waals surface area contributed by atoms with E-state index in [4.69, 9.17) is 4.74 Å². The third-order valence-electron chi connectivity index (χ3n) is 3.15. The van der Waals surface area contributed by atoms with Crippen LogP contribution in [0.1, 0.15) is 5.56 Å². The molecule has 0 saturated carbocycles. The first kappa shape index (κ1) is 17.7. The van der Waals surface area contributed by atoms with Crippen LogP contribution in [0.15, 0.2) is 52.3 Å². The van der Waals surface area contributed by atoms with E-state index < -0.39 is 37.1 Å². The molecular formula is C14H10F3NO5S. The fourth-order valence-corrected chi connectivity index (χ4v) is 3.24. The number of nitro benzene ring substituents is 1. The summed E-state index contributed by atoms with van der Waals surface area (Å²) in [4.78, 5) is 8.76. The molecule has 0 aliphatic carbocycles. The van der Waals surface area contributed by atoms with Gasteiger partial charge in [0.25, 0.3) is 5.69 Å². The standard InChI is InChI=1S/C14H10F3NO5S/c1-23-9-2-4-10(5-3-9)24(21,22)11-6-7-12(14(15,16)17)13(8-11)18(19)20/h2-8H,1H3. The third-order valence-corrected chi connectivity index (χ3v) is 4.92. The molecule has 0 saturated heterocycles. The minimum atomic E-state index is -4.97. The molecule has 0 radical (unpaired) electrons. The molecule has 6 nitrogen and oxygen atoms in total. The number of rotatable bonds is 4. The fraction of sp³-hybridized carbons (Fsp3) is 0.143. The number of sulfone groups is 1. The van der Waals surface area contributed by atoms with Crippen molar-refractivity contribution in [2.24, 2.45) is 0 Å². The van der Waals surface area contributed by atoms with Crippen molar-refractivity contribution in [1.29, 1.82) is 0 Å². The Balaban J connectivity index is 2.58. The van der Waals surface area contributed by atoms with E-state index in [9.17, 15) is 31.7 Å². The molecule has 10 heteroatoms. The third kappa shape index (κ3) is 3.32. The second-order valence-corrected chi connectivity index (χ2v) is 6.56. The highest BCUT2D eigenvalue weighted by Gasteiger charge is 2.39. The first-order valence-corrected chi connectivity index (χ1v) is 7.80. The lowest BCUT2D eigenvalue weighted by Gasteiger charge is -2.10. The number of benzene rings is 2. The normalized spacial score (nSPS) is 12.0. The van der Waals surface area contributed by atoms with Crippen LogP contribution in [-0.4, -0.2) is 20.5 Å². The number of nitrogens with zero attached hydrogens (tertiary/aromatic N) is 1. The molecule has 0 spiro atoms. The lowest BCUT2D eigenvalue weighted by molar-refractivity contribution is -0.388. The summed E-state index contributed by atoms with van der Waals surface area (Å²) in [5.41, 5.74) is -2.83. The zero-order valence-electron chi connectivity index (χ0n) is 12.1. The van der Waals surface area contributed by atoms with Crippen LogP contribution in [-0.2, 0) is 16.0 Å². The monoisotopic (exact) mass is 361 g/mol. The van der Waals surface area contributed by atoms with Crippen LogP contribution < -0.4 is 4.74 Å². The maximum Gasteiger partial charge on any atom is 0.422 e. The number of methoxy groups -OCH3 is 1. The van der Waals surface area contributed by atoms with Crippen LogP contribution in [0.5, 0.6) is 5.75 Å². The topological polar surface area (TPSA) is 86.5 Å². The van der Waals surface area contributed by atoms with Crippen molar-refractivity contribution < 1.29 is 31.2 Å². The molecule has 0 bridgehead atoms. The van der Waals surface area contributed by atoms with Gasteiger partial charge in [0.15, 0.2) is 0 Å². The minimum Gasteiger partial charge on any atom is -0.497 e. The van der Waals surface area contributed by atoms with Crippen LogP contribution in [0, 0.1) is 10.1 Å². The Morgan fingerprint density at radius 1 is 1.04 bits per heavy atom. The number of halogens is 3. The van der Waals surface area contributed by atoms with Crippen molar-refractivity contribution in [2.75, 3.05) is 7.11 Å². The number of hydrogen-bond acceptors (Lipinski definition) is 5. The molecule has 0 aromatic heterocycles. The van der Waals surface area contributed by atoms with Gasteiger partial charge in [0.2, 0.25) is 9.84 Å². The molecule has 0 aliphatic rings. The summed E-state index contributed by atoms with van der Waals surface area (Å²) in [5.74, 6) is 0.382. The summed E-state index contributed by atoms with van der Waals surface area (Å²) >= 11 is 0. The molecule has 24 heavy (non-hydrogen) atoms. The second kappa shape index (κ2) is 6.11. The van der Waals surface area contributed by atoms with Crippen LogP contribution in [0.25, 0.3) is 0 Å². The zero-order chi connectivity index (χ0) is 18.1. The molecule has 0 atom stereocenters. The highest BCUT2D eigenvalue weighted by atomic mass is 32.2. The van der Waals surface area contributed by atoms with E-state index in [0.717, 1.165) is 0 Å². The van der Waals surface area contributed by atoms with Crippen molar-refractivity contribution in [2.45, 2.75) is 16.0 Å². The molecule has 0 heterocycles. The van der Waals surface area contributed by atoms with Crippen molar-refractivity contribution >= 4 is 15.5 Å². The first-order chi connectivity index (χ1) is 11.1. The molecular weight excluding hydrogens is 351 g/mol. The fourth-order valence-electron chi connectivity index (χ4n) is 1.96. The molecule has 0 fully saturated rings. The van der Waals surface area contributed by atoms with E-state index in [1.807, 2.05) is 0 Å². The lowest BCUT2D eigenvalue weighted by Crippen LogP contribution is -2.10. The van der Waals surface area contributed by atoms with E-state index in [1.165, 1.54) is 31.4 Å². The van der Waals surface area contributed by atoms with Crippen molar-refractivity contribution in [3.05, 3.63) is 58.1 Å². The quantitative estimate of drug-likeness (QED) is 0.615. The molecule has 0 N–H and O–H groups in total. The van der Waals surface area contributed by atoms with Gasteiger partial charge >= 0.3 is 6.18 Å². The number of alkyl halides is 3. The zero-order valence-corrected chi connectivity index (χ0v) is 12.9. The maximum absolute atomic E-state index is 12.8. The van der Waals surface area contributed by atoms with E-state index in [0.29, 0.717) is 23.9 Å². The SMILES string of the molecule is COc1ccc(S(=O)(=O)c2ccc(C(F)(F)F)c([N+](=O)[O-])c2)cc1. The van der Waals surface area contributed by atoms with Gasteiger partial charge in [0, 0.05) is 6.07 Å². The predicted molar refractivity (Wildman–Crippen MR) is 76.5 cm³/mol. The minimum absolute atomic E-state index is 0.225. The van der Waals surface area contributed by atoms with Gasteiger partial charge in [-0.15, -0.1) is 0 Å². The Morgan fingerprint density at radius 2 is 1.58 bits per heavy atom. The Kier molecular flexibility index (Phi) is 4.52. The number of nitro groups is 1. The largest absolute Gasteiger partial charge is 0.497 e. The van der Waals surface area contributed by atoms with Crippen molar-refractivity contribution in [3.8, 4) is 5.75 Å². The second-order valence-electron chi connectivity index (χ2n) is 4.61. The average molecular weight is 361 g/mol. The van der Waals surface area contributed by atoms with Gasteiger partial charge in [-0.05, 0) is 36.4 Å². The summed E-state index contributed by atoms with van der Waals surface area (Å²) < 4.78 is 68.1. The summed E-state index contributed by atoms with van der Waals surface area (Å²) in [5, 5.41) is 10.9. The van der Waals surface area contributed by atoms with Crippen LogP contribution in [0.4, 0.5) is 18.9 Å². The van der Waals surface area contributed by atoms with Crippen LogP contribution >= 0.6 is 0 Å². The van der Waals surface area contributed by atoms with E-state index in [2.05, 4.69) is 0 Å². The van der Waals surface area contributed by atoms with Gasteiger partial charge in [0.05, 0.1) is 21.8 Å². The van der Waals surface area contributed by atoms with Gasteiger partial charge in [-0.1, -0.05) is 0 Å². The summed E-state index contributed by atoms with van der Waals surface area (Å²) in [7, 11) is -2.83. The Labute approximate surface area is 134 Å². The van der Waals surface area contributed by atoms with Gasteiger partial charge in [-0.3, -0.25) is 10.1 Å². The molecule has 2 rings (SSSR count). The number of ether oxygens (including phenoxy) is 1. The Morgan fingerprint density at radius 3 is 2.04 bits per heavy atom. The van der Waals surface area contributed by atoms with Crippen molar-refractivity contribution in [3.63, 3.8) is 0 Å². The summed E-state index contributed by atoms with van der Waals surface area (Å²) in [6.45, 7) is 0. The molecule has 2 aromatic rings. The maximum atomic E-state index is 12.8. The highest BCUT2D eigenvalue weighted by Crippen LogP contribution is 2.38. The lowest BCUT2D eigenvalue weighted by atomic mass is 10.2. The molecule has 2 aromatic carbocycles. The van der Waals surface area contributed by atoms with Crippen LogP contribution in [0.2, 0.25) is 0 Å². The van der Waals surface area contributed by atoms with Gasteiger partial charge in [-0.2, -0.15) is 13.2 Å². The van der Waals surface area contributed by atoms with E-state index in [1.54, 1.807) is 0 Å². The van der Waals surface area contributed by atoms with E-state index in [-0.39, 0.29) is 4.90 Å². The smallest absolute Gasteiger partial charge is 0.422 e. The number of hydrogen-bond donors (Lipinski definition) is 0. The van der Waals surface area contributed by atoms with Gasteiger partial charge in [0.1, 0.15) is 11.3 Å². The van der Waals surface area contributed by atoms with E-state index >= 15 is 0 Å². The Bertz CT molecular complexity index is 876. The molecule has 0 amide bonds. The summed E-state index contributed by atoms with van der Waals surface area (Å²) in [6, 6.07) is 6.57. The summed E-state index contributed by atoms with van der Waals surface area (Å²) in [6.07, 6.45) is -4.97. The van der Waals surface area contributed by atoms with Gasteiger partial charge in [-0.25, -0.2) is 8.42 Å². The first-order valence-electron chi connectivity index (χ1n) is 6.32. The van der Waals surface area contributed by atoms with Gasteiger partial charge < -0.3 is 4.74 Å². The highest BCUT2D eigenvalue weighted by molar-refractivity contribution is 7.91. The Hall–Kier alpha value is -2.62. The molecule has 0 aliphatic heterocycles. The molecule has 128 valence electrons. The van der Waals surface area contributed by atoms with Crippen molar-refractivity contribution in [1.82, 2.24) is 0 Å². The predicted octanol–water partition coefficient (Wildman–Crippen LogP) is 3.46. The van der Waals surface area contributed by atoms with Crippen LogP contribution in [0.3, 0.4) is 0 Å².